The number of carbonyl (C=O) groups excluding carboxylic acids is 3. The molecule has 2 amide bonds. The van der Waals surface area contributed by atoms with E-state index in [2.05, 4.69) is 10.3 Å². The van der Waals surface area contributed by atoms with Gasteiger partial charge in [-0.15, -0.1) is 11.3 Å². The minimum Gasteiger partial charge on any atom is -0.465 e. The highest BCUT2D eigenvalue weighted by Crippen LogP contribution is 2.26. The van der Waals surface area contributed by atoms with Gasteiger partial charge in [-0.1, -0.05) is 12.1 Å². The van der Waals surface area contributed by atoms with Crippen LogP contribution in [0.25, 0.3) is 10.6 Å². The zero-order chi connectivity index (χ0) is 20.1. The second kappa shape index (κ2) is 8.97. The second-order valence-electron chi connectivity index (χ2n) is 6.76. The number of benzene rings is 1. The Hall–Kier alpha value is -2.74. The van der Waals surface area contributed by atoms with E-state index in [1.807, 2.05) is 11.0 Å². The van der Waals surface area contributed by atoms with E-state index >= 15 is 0 Å². The summed E-state index contributed by atoms with van der Waals surface area (Å²) < 4.78 is 4.74. The number of piperidine rings is 1. The van der Waals surface area contributed by atoms with Gasteiger partial charge in [0.15, 0.2) is 0 Å². The first-order valence-electron chi connectivity index (χ1n) is 9.16. The van der Waals surface area contributed by atoms with E-state index in [4.69, 9.17) is 4.74 Å². The lowest BCUT2D eigenvalue weighted by atomic mass is 9.97. The number of hydrogen-bond donors (Lipinski definition) is 1. The molecule has 0 bridgehead atoms. The largest absolute Gasteiger partial charge is 0.465 e. The van der Waals surface area contributed by atoms with Crippen LogP contribution in [0.2, 0.25) is 0 Å². The molecule has 1 fully saturated rings. The highest BCUT2D eigenvalue weighted by atomic mass is 32.1. The van der Waals surface area contributed by atoms with Gasteiger partial charge in [0.1, 0.15) is 9.88 Å². The van der Waals surface area contributed by atoms with Crippen molar-refractivity contribution in [3.8, 4) is 10.6 Å². The van der Waals surface area contributed by atoms with Crippen molar-refractivity contribution in [1.29, 1.82) is 0 Å². The zero-order valence-corrected chi connectivity index (χ0v) is 16.8. The monoisotopic (exact) mass is 401 g/mol. The normalized spacial score (nSPS) is 14.6. The van der Waals surface area contributed by atoms with E-state index in [1.165, 1.54) is 18.4 Å². The van der Waals surface area contributed by atoms with E-state index in [-0.39, 0.29) is 11.8 Å². The minimum atomic E-state index is -0.410. The van der Waals surface area contributed by atoms with Crippen molar-refractivity contribution < 1.29 is 19.1 Å². The second-order valence-corrected chi connectivity index (χ2v) is 7.79. The van der Waals surface area contributed by atoms with Gasteiger partial charge in [0.25, 0.3) is 5.91 Å². The lowest BCUT2D eigenvalue weighted by Gasteiger charge is -2.31. The van der Waals surface area contributed by atoms with E-state index in [0.29, 0.717) is 27.9 Å². The summed E-state index contributed by atoms with van der Waals surface area (Å²) in [6.45, 7) is 3.67. The summed E-state index contributed by atoms with van der Waals surface area (Å²) in [5, 5.41) is 3.64. The third-order valence-corrected chi connectivity index (χ3v) is 5.92. The molecule has 0 unspecified atom stereocenters. The van der Waals surface area contributed by atoms with Crippen molar-refractivity contribution in [2.24, 2.45) is 5.92 Å². The Morgan fingerprint density at radius 2 is 2.04 bits per heavy atom. The fourth-order valence-electron chi connectivity index (χ4n) is 3.19. The molecule has 0 atom stereocenters. The average molecular weight is 401 g/mol. The molecule has 1 aliphatic rings. The van der Waals surface area contributed by atoms with Crippen LogP contribution in [0.3, 0.4) is 0 Å². The first-order chi connectivity index (χ1) is 13.5. The van der Waals surface area contributed by atoms with Crippen LogP contribution in [0.4, 0.5) is 0 Å². The van der Waals surface area contributed by atoms with Crippen LogP contribution < -0.4 is 5.32 Å². The third kappa shape index (κ3) is 4.75. The molecule has 1 saturated heterocycles. The van der Waals surface area contributed by atoms with Crippen LogP contribution in [0, 0.1) is 5.92 Å². The zero-order valence-electron chi connectivity index (χ0n) is 15.9. The van der Waals surface area contributed by atoms with Gasteiger partial charge in [-0.25, -0.2) is 9.78 Å². The Morgan fingerprint density at radius 1 is 1.29 bits per heavy atom. The van der Waals surface area contributed by atoms with E-state index in [9.17, 15) is 14.4 Å². The van der Waals surface area contributed by atoms with E-state index in [1.54, 1.807) is 31.3 Å². The van der Waals surface area contributed by atoms with Gasteiger partial charge in [-0.05, 0) is 30.9 Å². The van der Waals surface area contributed by atoms with Gasteiger partial charge >= 0.3 is 5.97 Å². The number of hydrogen-bond acceptors (Lipinski definition) is 6. The molecule has 2 aromatic rings. The van der Waals surface area contributed by atoms with Crippen LogP contribution in [-0.2, 0) is 9.53 Å². The van der Waals surface area contributed by atoms with Crippen LogP contribution in [-0.4, -0.2) is 54.4 Å². The highest BCUT2D eigenvalue weighted by molar-refractivity contribution is 7.16. The Kier molecular flexibility index (Phi) is 6.41. The summed E-state index contributed by atoms with van der Waals surface area (Å²) in [7, 11) is 1.34. The number of aromatic nitrogens is 1. The molecule has 0 saturated carbocycles. The molecular weight excluding hydrogens is 378 g/mol. The Morgan fingerprint density at radius 3 is 2.71 bits per heavy atom. The number of methoxy groups -OCH3 is 1. The van der Waals surface area contributed by atoms with Crippen molar-refractivity contribution in [1.82, 2.24) is 15.2 Å². The smallest absolute Gasteiger partial charge is 0.337 e. The number of nitrogens with zero attached hydrogens (tertiary/aromatic N) is 2. The van der Waals surface area contributed by atoms with Crippen molar-refractivity contribution in [3.05, 3.63) is 40.9 Å². The van der Waals surface area contributed by atoms with E-state index in [0.717, 1.165) is 31.5 Å². The standard InChI is InChI=1S/C20H23N3O4S/c1-13(24)23-8-6-14(7-9-23)11-21-18(25)17-12-22-19(28-17)15-4-3-5-16(10-15)20(26)27-2/h3-5,10,12,14H,6-9,11H2,1-2H3,(H,21,25). The molecule has 8 heteroatoms. The van der Waals surface area contributed by atoms with Crippen LogP contribution in [0.15, 0.2) is 30.5 Å². The number of rotatable bonds is 5. The molecule has 0 spiro atoms. The predicted octanol–water partition coefficient (Wildman–Crippen LogP) is 2.59. The molecule has 1 aromatic carbocycles. The molecule has 28 heavy (non-hydrogen) atoms. The molecule has 7 nitrogen and oxygen atoms in total. The van der Waals surface area contributed by atoms with Gasteiger partial charge in [-0.3, -0.25) is 9.59 Å². The Labute approximate surface area is 167 Å². The quantitative estimate of drug-likeness (QED) is 0.778. The average Bonchev–Trinajstić information content (AvgIpc) is 3.22. The highest BCUT2D eigenvalue weighted by Gasteiger charge is 2.21. The molecule has 1 aliphatic heterocycles. The van der Waals surface area contributed by atoms with E-state index < -0.39 is 5.97 Å². The molecule has 2 heterocycles. The van der Waals surface area contributed by atoms with Crippen molar-refractivity contribution in [2.45, 2.75) is 19.8 Å². The van der Waals surface area contributed by atoms with Crippen LogP contribution in [0.5, 0.6) is 0 Å². The summed E-state index contributed by atoms with van der Waals surface area (Å²) in [6, 6.07) is 6.98. The third-order valence-electron chi connectivity index (χ3n) is 4.87. The van der Waals surface area contributed by atoms with Crippen LogP contribution in [0.1, 0.15) is 39.8 Å². The van der Waals surface area contributed by atoms with Crippen molar-refractivity contribution in [3.63, 3.8) is 0 Å². The number of nitrogens with one attached hydrogen (secondary N) is 1. The lowest BCUT2D eigenvalue weighted by Crippen LogP contribution is -2.40. The van der Waals surface area contributed by atoms with Gasteiger partial charge < -0.3 is 15.0 Å². The van der Waals surface area contributed by atoms with Crippen molar-refractivity contribution in [2.75, 3.05) is 26.7 Å². The summed E-state index contributed by atoms with van der Waals surface area (Å²) in [4.78, 5) is 42.2. The van der Waals surface area contributed by atoms with Crippen molar-refractivity contribution >= 4 is 29.1 Å². The van der Waals surface area contributed by atoms with Gasteiger partial charge in [0.2, 0.25) is 5.91 Å². The molecule has 0 aliphatic carbocycles. The molecule has 148 valence electrons. The first-order valence-corrected chi connectivity index (χ1v) is 9.98. The number of amides is 2. The summed E-state index contributed by atoms with van der Waals surface area (Å²) in [6.07, 6.45) is 3.35. The lowest BCUT2D eigenvalue weighted by molar-refractivity contribution is -0.130. The Bertz CT molecular complexity index is 872. The summed E-state index contributed by atoms with van der Waals surface area (Å²) in [5.74, 6) is -0.0753. The first kappa shape index (κ1) is 20.0. The maximum Gasteiger partial charge on any atom is 0.337 e. The predicted molar refractivity (Wildman–Crippen MR) is 106 cm³/mol. The molecule has 3 rings (SSSR count). The summed E-state index contributed by atoms with van der Waals surface area (Å²) >= 11 is 1.28. The number of likely N-dealkylation sites (tertiary alicyclic amines) is 1. The molecule has 1 aromatic heterocycles. The number of carbonyl (C=O) groups is 3. The topological polar surface area (TPSA) is 88.6 Å². The van der Waals surface area contributed by atoms with Crippen LogP contribution >= 0.6 is 11.3 Å². The van der Waals surface area contributed by atoms with Gasteiger partial charge in [0, 0.05) is 32.1 Å². The maximum absolute atomic E-state index is 12.4. The molecular formula is C20H23N3O4S. The van der Waals surface area contributed by atoms with Gasteiger partial charge in [-0.2, -0.15) is 0 Å². The molecule has 1 N–H and O–H groups in total. The fourth-order valence-corrected chi connectivity index (χ4v) is 4.01. The summed E-state index contributed by atoms with van der Waals surface area (Å²) in [5.41, 5.74) is 1.21. The maximum atomic E-state index is 12.4. The number of thiazole rings is 1. The number of esters is 1. The SMILES string of the molecule is COC(=O)c1cccc(-c2ncc(C(=O)NCC3CCN(C(C)=O)CC3)s2)c1. The number of ether oxygens (including phenoxy) is 1. The Balaban J connectivity index is 1.57. The fraction of sp³-hybridized carbons (Fsp3) is 0.400. The van der Waals surface area contributed by atoms with Gasteiger partial charge in [0.05, 0.1) is 18.9 Å². The molecule has 0 radical (unpaired) electrons. The minimum absolute atomic E-state index is 0.107.